The SMILES string of the molecule is CNC(C)c1ccc(Oc2cc(Br)cc([N+](=O)[O-])c2)nc1. The van der Waals surface area contributed by atoms with E-state index in [0.717, 1.165) is 5.56 Å². The zero-order chi connectivity index (χ0) is 15.4. The topological polar surface area (TPSA) is 77.3 Å². The Balaban J connectivity index is 2.20. The molecule has 0 amide bonds. The summed E-state index contributed by atoms with van der Waals surface area (Å²) >= 11 is 3.22. The van der Waals surface area contributed by atoms with E-state index >= 15 is 0 Å². The molecule has 1 N–H and O–H groups in total. The molecule has 1 aromatic heterocycles. The van der Waals surface area contributed by atoms with Crippen LogP contribution in [0.15, 0.2) is 41.0 Å². The minimum Gasteiger partial charge on any atom is -0.439 e. The van der Waals surface area contributed by atoms with Crippen LogP contribution in [0.3, 0.4) is 0 Å². The van der Waals surface area contributed by atoms with Gasteiger partial charge in [0.25, 0.3) is 5.69 Å². The summed E-state index contributed by atoms with van der Waals surface area (Å²) in [5.41, 5.74) is 0.991. The van der Waals surface area contributed by atoms with Crippen molar-refractivity contribution < 1.29 is 9.66 Å². The molecule has 0 aliphatic heterocycles. The van der Waals surface area contributed by atoms with Gasteiger partial charge < -0.3 is 10.1 Å². The van der Waals surface area contributed by atoms with Crippen LogP contribution in [0.25, 0.3) is 0 Å². The summed E-state index contributed by atoms with van der Waals surface area (Å²) in [6.45, 7) is 2.02. The molecule has 2 aromatic rings. The highest BCUT2D eigenvalue weighted by molar-refractivity contribution is 9.10. The molecule has 0 fully saturated rings. The van der Waals surface area contributed by atoms with Gasteiger partial charge in [0.15, 0.2) is 0 Å². The molecule has 0 radical (unpaired) electrons. The molecule has 1 unspecified atom stereocenters. The normalized spacial score (nSPS) is 12.0. The first-order valence-electron chi connectivity index (χ1n) is 6.25. The van der Waals surface area contributed by atoms with Crippen LogP contribution in [0, 0.1) is 10.1 Å². The van der Waals surface area contributed by atoms with Gasteiger partial charge in [0.05, 0.1) is 11.0 Å². The fourth-order valence-corrected chi connectivity index (χ4v) is 2.17. The number of rotatable bonds is 5. The van der Waals surface area contributed by atoms with Crippen molar-refractivity contribution in [2.45, 2.75) is 13.0 Å². The van der Waals surface area contributed by atoms with Crippen molar-refractivity contribution in [3.05, 3.63) is 56.7 Å². The van der Waals surface area contributed by atoms with E-state index in [4.69, 9.17) is 4.74 Å². The molecular weight excluding hydrogens is 338 g/mol. The fourth-order valence-electron chi connectivity index (χ4n) is 1.71. The van der Waals surface area contributed by atoms with E-state index in [-0.39, 0.29) is 11.7 Å². The second-order valence-electron chi connectivity index (χ2n) is 4.44. The zero-order valence-electron chi connectivity index (χ0n) is 11.5. The monoisotopic (exact) mass is 351 g/mol. The number of benzene rings is 1. The number of hydrogen-bond donors (Lipinski definition) is 1. The van der Waals surface area contributed by atoms with E-state index in [1.807, 2.05) is 20.0 Å². The Hall–Kier alpha value is -1.99. The molecule has 1 atom stereocenters. The lowest BCUT2D eigenvalue weighted by Crippen LogP contribution is -2.12. The number of pyridine rings is 1. The minimum atomic E-state index is -0.469. The highest BCUT2D eigenvalue weighted by Crippen LogP contribution is 2.29. The molecule has 0 saturated carbocycles. The molecule has 0 aliphatic rings. The second-order valence-corrected chi connectivity index (χ2v) is 5.36. The van der Waals surface area contributed by atoms with Crippen LogP contribution in [0.4, 0.5) is 5.69 Å². The first kappa shape index (κ1) is 15.4. The van der Waals surface area contributed by atoms with Gasteiger partial charge in [0, 0.05) is 28.8 Å². The third-order valence-corrected chi connectivity index (χ3v) is 3.44. The fraction of sp³-hybridized carbons (Fsp3) is 0.214. The molecule has 110 valence electrons. The number of nitro benzene ring substituents is 1. The highest BCUT2D eigenvalue weighted by Gasteiger charge is 2.11. The maximum Gasteiger partial charge on any atom is 0.274 e. The predicted molar refractivity (Wildman–Crippen MR) is 82.6 cm³/mol. The van der Waals surface area contributed by atoms with Crippen LogP contribution in [-0.2, 0) is 0 Å². The van der Waals surface area contributed by atoms with Gasteiger partial charge >= 0.3 is 0 Å². The van der Waals surface area contributed by atoms with E-state index in [0.29, 0.717) is 16.1 Å². The molecule has 0 spiro atoms. The molecule has 0 bridgehead atoms. The van der Waals surface area contributed by atoms with Gasteiger partial charge in [0.1, 0.15) is 5.75 Å². The van der Waals surface area contributed by atoms with E-state index in [2.05, 4.69) is 26.2 Å². The summed E-state index contributed by atoms with van der Waals surface area (Å²) < 4.78 is 6.13. The summed E-state index contributed by atoms with van der Waals surface area (Å²) in [5.74, 6) is 0.743. The zero-order valence-corrected chi connectivity index (χ0v) is 13.1. The average molecular weight is 352 g/mol. The molecule has 0 saturated heterocycles. The lowest BCUT2D eigenvalue weighted by Gasteiger charge is -2.11. The van der Waals surface area contributed by atoms with E-state index in [1.165, 1.54) is 12.1 Å². The highest BCUT2D eigenvalue weighted by atomic mass is 79.9. The Morgan fingerprint density at radius 2 is 2.14 bits per heavy atom. The number of non-ortho nitro benzene ring substituents is 1. The van der Waals surface area contributed by atoms with Crippen molar-refractivity contribution in [3.63, 3.8) is 0 Å². The van der Waals surface area contributed by atoms with E-state index in [9.17, 15) is 10.1 Å². The van der Waals surface area contributed by atoms with E-state index in [1.54, 1.807) is 18.3 Å². The van der Waals surface area contributed by atoms with Crippen LogP contribution < -0.4 is 10.1 Å². The van der Waals surface area contributed by atoms with Crippen molar-refractivity contribution >= 4 is 21.6 Å². The molecule has 2 rings (SSSR count). The Morgan fingerprint density at radius 1 is 1.38 bits per heavy atom. The molecule has 21 heavy (non-hydrogen) atoms. The minimum absolute atomic E-state index is 0.0419. The van der Waals surface area contributed by atoms with Crippen molar-refractivity contribution in [1.29, 1.82) is 0 Å². The third kappa shape index (κ3) is 3.99. The van der Waals surface area contributed by atoms with Crippen LogP contribution in [-0.4, -0.2) is 17.0 Å². The van der Waals surface area contributed by atoms with Gasteiger partial charge in [-0.15, -0.1) is 0 Å². The summed E-state index contributed by atoms with van der Waals surface area (Å²) in [6, 6.07) is 8.25. The van der Waals surface area contributed by atoms with E-state index < -0.39 is 4.92 Å². The third-order valence-electron chi connectivity index (χ3n) is 2.98. The van der Waals surface area contributed by atoms with Gasteiger partial charge in [-0.3, -0.25) is 10.1 Å². The number of hydrogen-bond acceptors (Lipinski definition) is 5. The quantitative estimate of drug-likeness (QED) is 0.654. The first-order valence-corrected chi connectivity index (χ1v) is 7.05. The average Bonchev–Trinajstić information content (AvgIpc) is 2.46. The van der Waals surface area contributed by atoms with Crippen molar-refractivity contribution in [2.75, 3.05) is 7.05 Å². The smallest absolute Gasteiger partial charge is 0.274 e. The standard InChI is InChI=1S/C14H14BrN3O3/c1-9(16-2)10-3-4-14(17-8-10)21-13-6-11(15)5-12(7-13)18(19)20/h3-9,16H,1-2H3. The number of nitrogens with zero attached hydrogens (tertiary/aromatic N) is 2. The summed E-state index contributed by atoms with van der Waals surface area (Å²) in [5, 5.41) is 13.9. The second kappa shape index (κ2) is 6.64. The van der Waals surface area contributed by atoms with Crippen LogP contribution in [0.5, 0.6) is 11.6 Å². The number of halogens is 1. The maximum absolute atomic E-state index is 10.8. The molecule has 1 heterocycles. The lowest BCUT2D eigenvalue weighted by molar-refractivity contribution is -0.385. The first-order chi connectivity index (χ1) is 9.99. The van der Waals surface area contributed by atoms with Crippen molar-refractivity contribution in [2.24, 2.45) is 0 Å². The summed E-state index contributed by atoms with van der Waals surface area (Å²) in [6.07, 6.45) is 1.71. The van der Waals surface area contributed by atoms with Gasteiger partial charge in [-0.05, 0) is 25.6 Å². The largest absolute Gasteiger partial charge is 0.439 e. The molecule has 1 aromatic carbocycles. The summed E-state index contributed by atoms with van der Waals surface area (Å²) in [7, 11) is 1.87. The van der Waals surface area contributed by atoms with Crippen molar-refractivity contribution in [1.82, 2.24) is 10.3 Å². The number of ether oxygens (including phenoxy) is 1. The molecule has 6 nitrogen and oxygen atoms in total. The molecular formula is C14H14BrN3O3. The molecule has 7 heteroatoms. The Bertz CT molecular complexity index is 646. The van der Waals surface area contributed by atoms with Gasteiger partial charge in [-0.1, -0.05) is 22.0 Å². The van der Waals surface area contributed by atoms with Crippen LogP contribution in [0.1, 0.15) is 18.5 Å². The maximum atomic E-state index is 10.8. The Labute approximate surface area is 130 Å². The predicted octanol–water partition coefficient (Wildman–Crippen LogP) is 3.83. The lowest BCUT2D eigenvalue weighted by atomic mass is 10.1. The Morgan fingerprint density at radius 3 is 2.71 bits per heavy atom. The van der Waals surface area contributed by atoms with Crippen molar-refractivity contribution in [3.8, 4) is 11.6 Å². The molecule has 0 aliphatic carbocycles. The summed E-state index contributed by atoms with van der Waals surface area (Å²) in [4.78, 5) is 14.5. The number of aromatic nitrogens is 1. The number of nitro groups is 1. The number of nitrogens with one attached hydrogen (secondary N) is 1. The van der Waals surface area contributed by atoms with Gasteiger partial charge in [-0.2, -0.15) is 0 Å². The van der Waals surface area contributed by atoms with Gasteiger partial charge in [0.2, 0.25) is 5.88 Å². The Kier molecular flexibility index (Phi) is 4.87. The van der Waals surface area contributed by atoms with Crippen LogP contribution >= 0.6 is 15.9 Å². The van der Waals surface area contributed by atoms with Gasteiger partial charge in [-0.25, -0.2) is 4.98 Å². The van der Waals surface area contributed by atoms with Crippen LogP contribution in [0.2, 0.25) is 0 Å².